The van der Waals surface area contributed by atoms with E-state index in [1.807, 2.05) is 55.3 Å². The molecule has 0 saturated heterocycles. The topological polar surface area (TPSA) is 50.2 Å². The van der Waals surface area contributed by atoms with Gasteiger partial charge >= 0.3 is 0 Å². The summed E-state index contributed by atoms with van der Waals surface area (Å²) < 4.78 is 1.85. The van der Waals surface area contributed by atoms with E-state index in [0.717, 1.165) is 5.56 Å². The second-order valence-corrected chi connectivity index (χ2v) is 7.51. The Balaban J connectivity index is 1.66. The van der Waals surface area contributed by atoms with Crippen LogP contribution in [0.4, 0.5) is 0 Å². The zero-order valence-corrected chi connectivity index (χ0v) is 16.2. The van der Waals surface area contributed by atoms with Crippen molar-refractivity contribution >= 4 is 17.2 Å². The Morgan fingerprint density at radius 1 is 1.31 bits per heavy atom. The van der Waals surface area contributed by atoms with Gasteiger partial charge in [0.2, 0.25) is 0 Å². The Labute approximate surface area is 158 Å². The first-order chi connectivity index (χ1) is 12.5. The van der Waals surface area contributed by atoms with E-state index in [2.05, 4.69) is 33.7 Å². The minimum Gasteiger partial charge on any atom is -0.350 e. The minimum absolute atomic E-state index is 0.0478. The van der Waals surface area contributed by atoms with Crippen molar-refractivity contribution in [1.82, 2.24) is 20.0 Å². The van der Waals surface area contributed by atoms with Gasteiger partial charge in [-0.1, -0.05) is 12.1 Å². The van der Waals surface area contributed by atoms with E-state index in [-0.39, 0.29) is 11.9 Å². The third kappa shape index (κ3) is 4.39. The number of carbonyl (C=O) groups is 1. The number of hydrogen-bond acceptors (Lipinski definition) is 4. The molecule has 1 unspecified atom stereocenters. The molecule has 136 valence electrons. The number of rotatable bonds is 7. The maximum absolute atomic E-state index is 12.6. The highest BCUT2D eigenvalue weighted by Gasteiger charge is 2.19. The summed E-state index contributed by atoms with van der Waals surface area (Å²) in [5.41, 5.74) is 3.00. The van der Waals surface area contributed by atoms with Crippen LogP contribution in [0.1, 0.15) is 32.4 Å². The maximum Gasteiger partial charge on any atom is 0.251 e. The number of nitrogens with zero attached hydrogens (tertiary/aromatic N) is 3. The average Bonchev–Trinajstić information content (AvgIpc) is 3.27. The summed E-state index contributed by atoms with van der Waals surface area (Å²) in [6, 6.07) is 11.9. The first-order valence-corrected chi connectivity index (χ1v) is 9.47. The van der Waals surface area contributed by atoms with Crippen LogP contribution in [0.5, 0.6) is 0 Å². The summed E-state index contributed by atoms with van der Waals surface area (Å²) in [7, 11) is 4.08. The van der Waals surface area contributed by atoms with Gasteiger partial charge in [-0.25, -0.2) is 0 Å². The smallest absolute Gasteiger partial charge is 0.251 e. The molecule has 2 aromatic heterocycles. The summed E-state index contributed by atoms with van der Waals surface area (Å²) in [6.45, 7) is 3.35. The van der Waals surface area contributed by atoms with E-state index in [4.69, 9.17) is 0 Å². The number of carbonyl (C=O) groups excluding carboxylic acids is 1. The van der Waals surface area contributed by atoms with Gasteiger partial charge in [0, 0.05) is 29.4 Å². The number of nitrogens with one attached hydrogen (secondary N) is 1. The highest BCUT2D eigenvalue weighted by atomic mass is 32.1. The van der Waals surface area contributed by atoms with Crippen LogP contribution in [0.25, 0.3) is 0 Å². The molecule has 1 N–H and O–H groups in total. The second-order valence-electron chi connectivity index (χ2n) is 6.56. The molecule has 0 saturated carbocycles. The molecular weight excluding hydrogens is 344 g/mol. The zero-order valence-electron chi connectivity index (χ0n) is 15.3. The first kappa shape index (κ1) is 18.4. The molecule has 0 aliphatic carbocycles. The predicted octanol–water partition coefficient (Wildman–Crippen LogP) is 3.33. The molecule has 1 amide bonds. The van der Waals surface area contributed by atoms with Crippen molar-refractivity contribution in [3.8, 4) is 0 Å². The summed E-state index contributed by atoms with van der Waals surface area (Å²) in [5.74, 6) is -0.0478. The highest BCUT2D eigenvalue weighted by molar-refractivity contribution is 7.10. The van der Waals surface area contributed by atoms with Crippen LogP contribution in [0, 0.1) is 6.92 Å². The van der Waals surface area contributed by atoms with Crippen LogP contribution in [-0.2, 0) is 6.54 Å². The molecule has 0 aliphatic rings. The molecule has 26 heavy (non-hydrogen) atoms. The normalized spacial score (nSPS) is 12.3. The maximum atomic E-state index is 12.6. The van der Waals surface area contributed by atoms with Crippen LogP contribution >= 0.6 is 11.3 Å². The van der Waals surface area contributed by atoms with Gasteiger partial charge in [-0.2, -0.15) is 5.10 Å². The van der Waals surface area contributed by atoms with Crippen molar-refractivity contribution in [2.45, 2.75) is 19.5 Å². The molecule has 0 bridgehead atoms. The van der Waals surface area contributed by atoms with E-state index in [0.29, 0.717) is 18.7 Å². The number of benzene rings is 1. The predicted molar refractivity (Wildman–Crippen MR) is 106 cm³/mol. The highest BCUT2D eigenvalue weighted by Crippen LogP contribution is 2.26. The van der Waals surface area contributed by atoms with E-state index in [1.54, 1.807) is 17.5 Å². The molecule has 6 heteroatoms. The van der Waals surface area contributed by atoms with Gasteiger partial charge in [0.15, 0.2) is 0 Å². The van der Waals surface area contributed by atoms with Gasteiger partial charge in [0.1, 0.15) is 0 Å². The van der Waals surface area contributed by atoms with Crippen molar-refractivity contribution in [2.24, 2.45) is 0 Å². The molecule has 0 aliphatic heterocycles. The largest absolute Gasteiger partial charge is 0.350 e. The van der Waals surface area contributed by atoms with Gasteiger partial charge in [0.25, 0.3) is 5.91 Å². The fraction of sp³-hybridized carbons (Fsp3) is 0.300. The van der Waals surface area contributed by atoms with Crippen LogP contribution in [-0.4, -0.2) is 41.2 Å². The van der Waals surface area contributed by atoms with E-state index in [9.17, 15) is 4.79 Å². The Morgan fingerprint density at radius 3 is 2.81 bits per heavy atom. The summed E-state index contributed by atoms with van der Waals surface area (Å²) in [4.78, 5) is 16.1. The summed E-state index contributed by atoms with van der Waals surface area (Å²) in [6.07, 6.45) is 3.67. The Bertz CT molecular complexity index is 854. The van der Waals surface area contributed by atoms with E-state index in [1.165, 1.54) is 10.4 Å². The third-order valence-corrected chi connectivity index (χ3v) is 5.50. The number of aromatic nitrogens is 2. The van der Waals surface area contributed by atoms with Crippen LogP contribution in [0.15, 0.2) is 54.2 Å². The standard InChI is InChI=1S/C20H24N4OS/c1-15-8-11-26-19(15)18(23(2)3)13-21-20(25)17-7-4-6-16(12-17)14-24-10-5-9-22-24/h4-12,18H,13-14H2,1-3H3,(H,21,25). The summed E-state index contributed by atoms with van der Waals surface area (Å²) in [5, 5.41) is 9.40. The number of likely N-dealkylation sites (N-methyl/N-ethyl adjacent to an activating group) is 1. The molecule has 3 aromatic rings. The molecular formula is C20H24N4OS. The molecule has 0 spiro atoms. The average molecular weight is 369 g/mol. The minimum atomic E-state index is -0.0478. The lowest BCUT2D eigenvalue weighted by Crippen LogP contribution is -2.34. The lowest BCUT2D eigenvalue weighted by Gasteiger charge is -2.24. The van der Waals surface area contributed by atoms with Crippen LogP contribution in [0.2, 0.25) is 0 Å². The lowest BCUT2D eigenvalue weighted by molar-refractivity contribution is 0.0942. The molecule has 1 atom stereocenters. The SMILES string of the molecule is Cc1ccsc1C(CNC(=O)c1cccc(Cn2cccn2)c1)N(C)C. The fourth-order valence-corrected chi connectivity index (χ4v) is 4.04. The number of amides is 1. The van der Waals surface area contributed by atoms with Crippen LogP contribution < -0.4 is 5.32 Å². The number of thiophene rings is 1. The summed E-state index contributed by atoms with van der Waals surface area (Å²) >= 11 is 1.74. The number of aryl methyl sites for hydroxylation is 1. The van der Waals surface area contributed by atoms with Crippen molar-refractivity contribution in [3.63, 3.8) is 0 Å². The first-order valence-electron chi connectivity index (χ1n) is 8.59. The van der Waals surface area contributed by atoms with E-state index >= 15 is 0 Å². The van der Waals surface area contributed by atoms with Crippen molar-refractivity contribution in [3.05, 3.63) is 75.7 Å². The van der Waals surface area contributed by atoms with Crippen molar-refractivity contribution in [2.75, 3.05) is 20.6 Å². The van der Waals surface area contributed by atoms with Crippen molar-refractivity contribution in [1.29, 1.82) is 0 Å². The van der Waals surface area contributed by atoms with Gasteiger partial charge in [-0.3, -0.25) is 9.48 Å². The fourth-order valence-electron chi connectivity index (χ4n) is 2.92. The monoisotopic (exact) mass is 368 g/mol. The van der Waals surface area contributed by atoms with Gasteiger partial charge in [0.05, 0.1) is 12.6 Å². The van der Waals surface area contributed by atoms with Crippen LogP contribution in [0.3, 0.4) is 0 Å². The Kier molecular flexibility index (Phi) is 5.85. The lowest BCUT2D eigenvalue weighted by atomic mass is 10.1. The Hall–Kier alpha value is -2.44. The Morgan fingerprint density at radius 2 is 2.15 bits per heavy atom. The number of hydrogen-bond donors (Lipinski definition) is 1. The molecule has 0 fully saturated rings. The molecule has 1 aromatic carbocycles. The molecule has 2 heterocycles. The van der Waals surface area contributed by atoms with E-state index < -0.39 is 0 Å². The van der Waals surface area contributed by atoms with Gasteiger partial charge < -0.3 is 10.2 Å². The molecule has 0 radical (unpaired) electrons. The second kappa shape index (κ2) is 8.29. The quantitative estimate of drug-likeness (QED) is 0.696. The van der Waals surface area contributed by atoms with Gasteiger partial charge in [-0.05, 0) is 61.8 Å². The zero-order chi connectivity index (χ0) is 18.5. The van der Waals surface area contributed by atoms with Crippen molar-refractivity contribution < 1.29 is 4.79 Å². The molecule has 3 rings (SSSR count). The third-order valence-electron chi connectivity index (χ3n) is 4.38. The van der Waals surface area contributed by atoms with Gasteiger partial charge in [-0.15, -0.1) is 11.3 Å². The molecule has 5 nitrogen and oxygen atoms in total.